The predicted octanol–water partition coefficient (Wildman–Crippen LogP) is 4.16. The molecule has 132 valence electrons. The lowest BCUT2D eigenvalue weighted by Gasteiger charge is -2.39. The number of ether oxygens (including phenoxy) is 1. The van der Waals surface area contributed by atoms with Gasteiger partial charge in [-0.05, 0) is 62.6 Å². The molecule has 4 rings (SSSR count). The molecule has 0 amide bonds. The summed E-state index contributed by atoms with van der Waals surface area (Å²) in [7, 11) is 0. The van der Waals surface area contributed by atoms with E-state index in [0.29, 0.717) is 6.04 Å². The minimum Gasteiger partial charge on any atom is -0.375 e. The normalized spacial score (nSPS) is 24.6. The number of hydrogen-bond acceptors (Lipinski definition) is 5. The lowest BCUT2D eigenvalue weighted by molar-refractivity contribution is -0.0147. The monoisotopic (exact) mass is 347 g/mol. The van der Waals surface area contributed by atoms with Crippen LogP contribution in [0.5, 0.6) is 0 Å². The van der Waals surface area contributed by atoms with E-state index >= 15 is 0 Å². The second kappa shape index (κ2) is 7.63. The summed E-state index contributed by atoms with van der Waals surface area (Å²) < 4.78 is 9.63. The fourth-order valence-corrected chi connectivity index (χ4v) is 5.06. The molecule has 2 aliphatic heterocycles. The number of aromatic nitrogens is 1. The minimum absolute atomic E-state index is 0.191. The van der Waals surface area contributed by atoms with Gasteiger partial charge in [-0.2, -0.15) is 0 Å². The maximum Gasteiger partial charge on any atom is 0.128 e. The molecule has 3 aliphatic rings. The number of hydrogen-bond donors (Lipinski definition) is 1. The molecule has 1 saturated carbocycles. The van der Waals surface area contributed by atoms with E-state index in [1.807, 2.05) is 6.20 Å². The minimum atomic E-state index is 0.191. The number of nitrogens with one attached hydrogen (secondary N) is 1. The predicted molar refractivity (Wildman–Crippen MR) is 99.5 cm³/mol. The van der Waals surface area contributed by atoms with Gasteiger partial charge in [0.2, 0.25) is 0 Å². The average molecular weight is 348 g/mol. The molecular formula is C19H29N3OS. The number of pyridine rings is 1. The van der Waals surface area contributed by atoms with Gasteiger partial charge >= 0.3 is 0 Å². The van der Waals surface area contributed by atoms with Gasteiger partial charge in [-0.15, -0.1) is 0 Å². The molecule has 2 saturated heterocycles. The molecule has 1 aromatic heterocycles. The summed E-state index contributed by atoms with van der Waals surface area (Å²) in [5.41, 5.74) is 0.191. The zero-order valence-corrected chi connectivity index (χ0v) is 15.3. The van der Waals surface area contributed by atoms with Crippen LogP contribution in [0.2, 0.25) is 0 Å². The molecule has 0 radical (unpaired) electrons. The molecule has 0 atom stereocenters. The SMILES string of the molecule is c1cc(N2CCC3(CCCO3)CC2)ncc1SNC1CCCCC1. The number of rotatable bonds is 4. The van der Waals surface area contributed by atoms with Crippen molar-refractivity contribution in [1.29, 1.82) is 0 Å². The van der Waals surface area contributed by atoms with Crippen LogP contribution in [0.3, 0.4) is 0 Å². The van der Waals surface area contributed by atoms with Crippen LogP contribution >= 0.6 is 11.9 Å². The third-order valence-electron chi connectivity index (χ3n) is 5.85. The largest absolute Gasteiger partial charge is 0.375 e. The molecule has 4 nitrogen and oxygen atoms in total. The Hall–Kier alpha value is -0.780. The first-order valence-electron chi connectivity index (χ1n) is 9.60. The standard InChI is InChI=1S/C19H29N3OS/c1-2-5-16(6-3-1)21-24-17-7-8-18(20-15-17)22-12-10-19(11-13-22)9-4-14-23-19/h7-8,15-16,21H,1-6,9-14H2. The van der Waals surface area contributed by atoms with Crippen molar-refractivity contribution in [2.75, 3.05) is 24.6 Å². The van der Waals surface area contributed by atoms with E-state index in [-0.39, 0.29) is 5.60 Å². The molecule has 24 heavy (non-hydrogen) atoms. The second-order valence-corrected chi connectivity index (χ2v) is 8.44. The van der Waals surface area contributed by atoms with Gasteiger partial charge in [0.25, 0.3) is 0 Å². The van der Waals surface area contributed by atoms with Crippen LogP contribution in [0.25, 0.3) is 0 Å². The summed E-state index contributed by atoms with van der Waals surface area (Å²) in [6.07, 6.45) is 13.6. The van der Waals surface area contributed by atoms with E-state index in [2.05, 4.69) is 21.8 Å². The van der Waals surface area contributed by atoms with Crippen LogP contribution in [0.4, 0.5) is 5.82 Å². The highest BCUT2D eigenvalue weighted by atomic mass is 32.2. The van der Waals surface area contributed by atoms with E-state index in [1.54, 1.807) is 11.9 Å². The van der Waals surface area contributed by atoms with E-state index in [1.165, 1.54) is 49.8 Å². The van der Waals surface area contributed by atoms with Crippen molar-refractivity contribution in [2.45, 2.75) is 74.3 Å². The smallest absolute Gasteiger partial charge is 0.128 e. The van der Waals surface area contributed by atoms with Crippen molar-refractivity contribution in [3.05, 3.63) is 18.3 Å². The first-order chi connectivity index (χ1) is 11.8. The average Bonchev–Trinajstić information content (AvgIpc) is 3.10. The molecule has 1 spiro atoms. The van der Waals surface area contributed by atoms with Crippen LogP contribution in [0, 0.1) is 0 Å². The maximum absolute atomic E-state index is 6.02. The zero-order valence-electron chi connectivity index (χ0n) is 14.5. The Bertz CT molecular complexity index is 514. The molecule has 3 fully saturated rings. The third-order valence-corrected chi connectivity index (χ3v) is 6.78. The first-order valence-corrected chi connectivity index (χ1v) is 10.4. The summed E-state index contributed by atoms with van der Waals surface area (Å²) in [6, 6.07) is 5.06. The lowest BCUT2D eigenvalue weighted by Crippen LogP contribution is -2.44. The first kappa shape index (κ1) is 16.7. The van der Waals surface area contributed by atoms with E-state index in [0.717, 1.165) is 38.4 Å². The summed E-state index contributed by atoms with van der Waals surface area (Å²) >= 11 is 1.75. The van der Waals surface area contributed by atoms with Gasteiger partial charge < -0.3 is 9.64 Å². The molecule has 0 aromatic carbocycles. The summed E-state index contributed by atoms with van der Waals surface area (Å²) in [5.74, 6) is 1.12. The van der Waals surface area contributed by atoms with Crippen LogP contribution in [0.1, 0.15) is 57.8 Å². The van der Waals surface area contributed by atoms with Gasteiger partial charge in [0.1, 0.15) is 5.82 Å². The third kappa shape index (κ3) is 3.89. The van der Waals surface area contributed by atoms with E-state index in [4.69, 9.17) is 9.72 Å². The Labute approximate surface area is 149 Å². The highest BCUT2D eigenvalue weighted by Crippen LogP contribution is 2.36. The van der Waals surface area contributed by atoms with Crippen molar-refractivity contribution >= 4 is 17.8 Å². The summed E-state index contributed by atoms with van der Waals surface area (Å²) in [5, 5.41) is 0. The molecule has 1 N–H and O–H groups in total. The van der Waals surface area contributed by atoms with Crippen LogP contribution in [-0.4, -0.2) is 36.3 Å². The molecule has 1 aliphatic carbocycles. The van der Waals surface area contributed by atoms with Crippen LogP contribution in [0.15, 0.2) is 23.2 Å². The number of anilines is 1. The van der Waals surface area contributed by atoms with Crippen molar-refractivity contribution in [1.82, 2.24) is 9.71 Å². The van der Waals surface area contributed by atoms with Gasteiger partial charge in [0.15, 0.2) is 0 Å². The Morgan fingerprint density at radius 3 is 2.58 bits per heavy atom. The zero-order chi connectivity index (χ0) is 16.2. The van der Waals surface area contributed by atoms with Gasteiger partial charge in [0, 0.05) is 36.8 Å². The fourth-order valence-electron chi connectivity index (χ4n) is 4.28. The Morgan fingerprint density at radius 1 is 1.08 bits per heavy atom. The van der Waals surface area contributed by atoms with Gasteiger partial charge in [-0.3, -0.25) is 4.72 Å². The van der Waals surface area contributed by atoms with Crippen molar-refractivity contribution in [2.24, 2.45) is 0 Å². The van der Waals surface area contributed by atoms with Crippen molar-refractivity contribution in [3.63, 3.8) is 0 Å². The molecule has 3 heterocycles. The van der Waals surface area contributed by atoms with Crippen molar-refractivity contribution < 1.29 is 4.74 Å². The maximum atomic E-state index is 6.02. The van der Waals surface area contributed by atoms with Gasteiger partial charge in [0.05, 0.1) is 5.60 Å². The van der Waals surface area contributed by atoms with Crippen LogP contribution < -0.4 is 9.62 Å². The summed E-state index contributed by atoms with van der Waals surface area (Å²) in [4.78, 5) is 8.34. The molecule has 5 heteroatoms. The van der Waals surface area contributed by atoms with Crippen LogP contribution in [-0.2, 0) is 4.74 Å². The number of nitrogens with zero attached hydrogens (tertiary/aromatic N) is 2. The quantitative estimate of drug-likeness (QED) is 0.828. The fraction of sp³-hybridized carbons (Fsp3) is 0.737. The highest BCUT2D eigenvalue weighted by molar-refractivity contribution is 7.97. The Balaban J connectivity index is 1.28. The highest BCUT2D eigenvalue weighted by Gasteiger charge is 2.38. The second-order valence-electron chi connectivity index (χ2n) is 7.53. The molecular weight excluding hydrogens is 318 g/mol. The topological polar surface area (TPSA) is 37.4 Å². The van der Waals surface area contributed by atoms with E-state index in [9.17, 15) is 0 Å². The molecule has 0 bridgehead atoms. The lowest BCUT2D eigenvalue weighted by atomic mass is 9.89. The van der Waals surface area contributed by atoms with Gasteiger partial charge in [-0.25, -0.2) is 4.98 Å². The Morgan fingerprint density at radius 2 is 1.92 bits per heavy atom. The Kier molecular flexibility index (Phi) is 5.30. The van der Waals surface area contributed by atoms with Gasteiger partial charge in [-0.1, -0.05) is 19.3 Å². The van der Waals surface area contributed by atoms with Crippen molar-refractivity contribution in [3.8, 4) is 0 Å². The van der Waals surface area contributed by atoms with E-state index < -0.39 is 0 Å². The molecule has 0 unspecified atom stereocenters. The number of piperidine rings is 1. The summed E-state index contributed by atoms with van der Waals surface area (Å²) in [6.45, 7) is 3.10. The molecule has 1 aromatic rings.